The summed E-state index contributed by atoms with van der Waals surface area (Å²) in [7, 11) is 1.59. The highest BCUT2D eigenvalue weighted by molar-refractivity contribution is 5.59. The number of nitrogens with zero attached hydrogens (tertiary/aromatic N) is 4. The van der Waals surface area contributed by atoms with Gasteiger partial charge in [-0.05, 0) is 36.4 Å². The fourth-order valence-electron chi connectivity index (χ4n) is 2.52. The van der Waals surface area contributed by atoms with E-state index >= 15 is 0 Å². The maximum atomic E-state index is 12.6. The van der Waals surface area contributed by atoms with Gasteiger partial charge in [-0.3, -0.25) is 9.89 Å². The summed E-state index contributed by atoms with van der Waals surface area (Å²) in [6.07, 6.45) is 1.44. The Hall–Kier alpha value is -3.94. The third-order valence-corrected chi connectivity index (χ3v) is 3.81. The first-order chi connectivity index (χ1) is 13.2. The largest absolute Gasteiger partial charge is 0.497 e. The summed E-state index contributed by atoms with van der Waals surface area (Å²) < 4.78 is 12.3. The molecule has 0 radical (unpaired) electrons. The number of hydrogen-bond donors (Lipinski definition) is 1. The monoisotopic (exact) mass is 361 g/mol. The van der Waals surface area contributed by atoms with Crippen molar-refractivity contribution in [3.05, 3.63) is 77.3 Å². The van der Waals surface area contributed by atoms with Crippen LogP contribution in [0.3, 0.4) is 0 Å². The van der Waals surface area contributed by atoms with Gasteiger partial charge in [-0.1, -0.05) is 18.2 Å². The summed E-state index contributed by atoms with van der Waals surface area (Å²) in [6, 6.07) is 17.5. The Bertz CT molecular complexity index is 1090. The number of nitrogens with one attached hydrogen (secondary N) is 1. The maximum absolute atomic E-state index is 12.6. The van der Waals surface area contributed by atoms with Crippen molar-refractivity contribution in [1.29, 1.82) is 0 Å². The summed E-state index contributed by atoms with van der Waals surface area (Å²) in [5.74, 6) is 1.82. The van der Waals surface area contributed by atoms with Gasteiger partial charge in [0.15, 0.2) is 11.4 Å². The Balaban J connectivity index is 1.80. The van der Waals surface area contributed by atoms with Crippen molar-refractivity contribution in [1.82, 2.24) is 25.0 Å². The molecule has 2 aromatic heterocycles. The van der Waals surface area contributed by atoms with E-state index in [0.29, 0.717) is 28.7 Å². The molecule has 0 saturated heterocycles. The first-order valence-electron chi connectivity index (χ1n) is 8.12. The van der Waals surface area contributed by atoms with E-state index in [0.717, 1.165) is 0 Å². The van der Waals surface area contributed by atoms with Crippen molar-refractivity contribution in [2.75, 3.05) is 7.11 Å². The van der Waals surface area contributed by atoms with Crippen LogP contribution >= 0.6 is 0 Å². The van der Waals surface area contributed by atoms with Crippen molar-refractivity contribution >= 4 is 0 Å². The Kier molecular flexibility index (Phi) is 4.36. The fraction of sp³-hybridized carbons (Fsp3) is 0.0526. The number of rotatable bonds is 5. The minimum atomic E-state index is -0.330. The smallest absolute Gasteiger partial charge is 0.275 e. The molecular formula is C19H15N5O3. The van der Waals surface area contributed by atoms with Gasteiger partial charge in [-0.25, -0.2) is 4.98 Å². The van der Waals surface area contributed by atoms with E-state index in [1.807, 2.05) is 18.2 Å². The first kappa shape index (κ1) is 16.5. The fourth-order valence-corrected chi connectivity index (χ4v) is 2.52. The van der Waals surface area contributed by atoms with E-state index in [2.05, 4.69) is 20.3 Å². The molecule has 8 heteroatoms. The molecule has 134 valence electrons. The lowest BCUT2D eigenvalue weighted by atomic mass is 10.3. The van der Waals surface area contributed by atoms with E-state index < -0.39 is 0 Å². The molecule has 0 amide bonds. The van der Waals surface area contributed by atoms with Gasteiger partial charge in [-0.2, -0.15) is 14.9 Å². The molecule has 0 spiro atoms. The molecule has 0 saturated carbocycles. The van der Waals surface area contributed by atoms with Crippen LogP contribution in [0.2, 0.25) is 0 Å². The van der Waals surface area contributed by atoms with Crippen molar-refractivity contribution in [3.8, 4) is 34.5 Å². The number of aromatic nitrogens is 5. The summed E-state index contributed by atoms with van der Waals surface area (Å²) in [5.41, 5.74) is 0.648. The van der Waals surface area contributed by atoms with Gasteiger partial charge in [0.1, 0.15) is 17.8 Å². The van der Waals surface area contributed by atoms with Gasteiger partial charge in [0.2, 0.25) is 5.82 Å². The van der Waals surface area contributed by atoms with Crippen LogP contribution in [0.4, 0.5) is 0 Å². The second-order valence-electron chi connectivity index (χ2n) is 5.54. The SMILES string of the molecule is COc1ccc(Oc2cc(=O)n(-c3ccccc3)nc2-c2nc[nH]n2)cc1. The summed E-state index contributed by atoms with van der Waals surface area (Å²) in [6.45, 7) is 0. The lowest BCUT2D eigenvalue weighted by molar-refractivity contribution is 0.412. The van der Waals surface area contributed by atoms with Crippen LogP contribution < -0.4 is 15.0 Å². The van der Waals surface area contributed by atoms with E-state index in [1.165, 1.54) is 17.1 Å². The number of aromatic amines is 1. The van der Waals surface area contributed by atoms with Gasteiger partial charge >= 0.3 is 0 Å². The van der Waals surface area contributed by atoms with Crippen LogP contribution in [0.25, 0.3) is 17.2 Å². The highest BCUT2D eigenvalue weighted by Gasteiger charge is 2.17. The summed E-state index contributed by atoms with van der Waals surface area (Å²) in [5, 5.41) is 11.1. The van der Waals surface area contributed by atoms with Crippen molar-refractivity contribution in [2.45, 2.75) is 0 Å². The summed E-state index contributed by atoms with van der Waals surface area (Å²) in [4.78, 5) is 16.7. The lowest BCUT2D eigenvalue weighted by Gasteiger charge is -2.11. The molecule has 27 heavy (non-hydrogen) atoms. The predicted octanol–water partition coefficient (Wildman–Crippen LogP) is 2.82. The molecule has 0 aliphatic carbocycles. The minimum Gasteiger partial charge on any atom is -0.497 e. The number of hydrogen-bond acceptors (Lipinski definition) is 6. The molecule has 4 aromatic rings. The first-order valence-corrected chi connectivity index (χ1v) is 8.12. The Morgan fingerprint density at radius 2 is 1.74 bits per heavy atom. The normalized spacial score (nSPS) is 10.6. The quantitative estimate of drug-likeness (QED) is 0.587. The molecule has 0 atom stereocenters. The molecule has 0 bridgehead atoms. The van der Waals surface area contributed by atoms with E-state index in [1.54, 1.807) is 43.5 Å². The zero-order valence-corrected chi connectivity index (χ0v) is 14.4. The van der Waals surface area contributed by atoms with Gasteiger partial charge in [0.25, 0.3) is 5.56 Å². The highest BCUT2D eigenvalue weighted by atomic mass is 16.5. The number of H-pyrrole nitrogens is 1. The molecule has 1 N–H and O–H groups in total. The Morgan fingerprint density at radius 1 is 1.00 bits per heavy atom. The molecule has 2 heterocycles. The highest BCUT2D eigenvalue weighted by Crippen LogP contribution is 2.29. The minimum absolute atomic E-state index is 0.261. The van der Waals surface area contributed by atoms with Crippen molar-refractivity contribution < 1.29 is 9.47 Å². The molecule has 4 rings (SSSR count). The van der Waals surface area contributed by atoms with E-state index in [4.69, 9.17) is 9.47 Å². The van der Waals surface area contributed by atoms with Gasteiger partial charge < -0.3 is 9.47 Å². The number of methoxy groups -OCH3 is 1. The standard InChI is InChI=1S/C19H15N5O3/c1-26-14-7-9-15(10-8-14)27-16-11-17(25)24(13-5-3-2-4-6-13)23-18(16)19-20-12-21-22-19/h2-12H,1H3,(H,20,21,22). The molecule has 8 nitrogen and oxygen atoms in total. The molecular weight excluding hydrogens is 346 g/mol. The van der Waals surface area contributed by atoms with Gasteiger partial charge in [-0.15, -0.1) is 0 Å². The number of ether oxygens (including phenoxy) is 2. The predicted molar refractivity (Wildman–Crippen MR) is 98.3 cm³/mol. The third kappa shape index (κ3) is 3.40. The molecule has 0 fully saturated rings. The van der Waals surface area contributed by atoms with Gasteiger partial charge in [0.05, 0.1) is 18.9 Å². The average molecular weight is 361 g/mol. The second kappa shape index (κ2) is 7.12. The topological polar surface area (TPSA) is 94.9 Å². The van der Waals surface area contributed by atoms with E-state index in [9.17, 15) is 4.79 Å². The zero-order valence-electron chi connectivity index (χ0n) is 14.4. The van der Waals surface area contributed by atoms with Crippen LogP contribution in [-0.2, 0) is 0 Å². The van der Waals surface area contributed by atoms with Crippen LogP contribution in [-0.4, -0.2) is 32.1 Å². The van der Waals surface area contributed by atoms with Crippen molar-refractivity contribution in [3.63, 3.8) is 0 Å². The van der Waals surface area contributed by atoms with Crippen LogP contribution in [0.1, 0.15) is 0 Å². The second-order valence-corrected chi connectivity index (χ2v) is 5.54. The van der Waals surface area contributed by atoms with Crippen LogP contribution in [0.15, 0.2) is 71.8 Å². The molecule has 0 unspecified atom stereocenters. The molecule has 0 aliphatic rings. The molecule has 0 aliphatic heterocycles. The van der Waals surface area contributed by atoms with Crippen molar-refractivity contribution in [2.24, 2.45) is 0 Å². The molecule has 2 aromatic carbocycles. The average Bonchev–Trinajstić information content (AvgIpc) is 3.24. The zero-order chi connectivity index (χ0) is 18.6. The lowest BCUT2D eigenvalue weighted by Crippen LogP contribution is -2.21. The maximum Gasteiger partial charge on any atom is 0.275 e. The van der Waals surface area contributed by atoms with Gasteiger partial charge in [0, 0.05) is 0 Å². The third-order valence-electron chi connectivity index (χ3n) is 3.81. The van der Waals surface area contributed by atoms with Crippen LogP contribution in [0, 0.1) is 0 Å². The summed E-state index contributed by atoms with van der Waals surface area (Å²) >= 11 is 0. The Morgan fingerprint density at radius 3 is 2.41 bits per heavy atom. The number of para-hydroxylation sites is 1. The Labute approximate surface area is 154 Å². The number of benzene rings is 2. The van der Waals surface area contributed by atoms with E-state index in [-0.39, 0.29) is 11.3 Å². The van der Waals surface area contributed by atoms with Crippen LogP contribution in [0.5, 0.6) is 17.2 Å².